The second kappa shape index (κ2) is 7.99. The minimum atomic E-state index is -4.55. The molecule has 0 heterocycles. The number of alkyl halides is 3. The summed E-state index contributed by atoms with van der Waals surface area (Å²) in [5.41, 5.74) is 0.631. The average molecular weight is 387 g/mol. The van der Waals surface area contributed by atoms with Crippen LogP contribution < -0.4 is 9.47 Å². The maximum absolute atomic E-state index is 13.3. The first-order chi connectivity index (χ1) is 12.1. The molecule has 2 aromatic carbocycles. The topological polar surface area (TPSA) is 35.5 Å². The van der Waals surface area contributed by atoms with Gasteiger partial charge in [0.15, 0.2) is 0 Å². The van der Waals surface area contributed by atoms with Crippen LogP contribution in [0.25, 0.3) is 0 Å². The van der Waals surface area contributed by atoms with Crippen LogP contribution >= 0.6 is 11.6 Å². The number of aryl methyl sites for hydroxylation is 2. The molecule has 0 spiro atoms. The smallest absolute Gasteiger partial charge is 0.419 e. The van der Waals surface area contributed by atoms with E-state index in [4.69, 9.17) is 21.1 Å². The largest absolute Gasteiger partial charge is 0.488 e. The van der Waals surface area contributed by atoms with E-state index < -0.39 is 17.7 Å². The van der Waals surface area contributed by atoms with Gasteiger partial charge in [-0.3, -0.25) is 4.79 Å². The summed E-state index contributed by atoms with van der Waals surface area (Å²) in [7, 11) is 0. The molecule has 0 aromatic heterocycles. The van der Waals surface area contributed by atoms with Crippen LogP contribution in [0.15, 0.2) is 30.3 Å². The lowest BCUT2D eigenvalue weighted by Crippen LogP contribution is -2.11. The van der Waals surface area contributed by atoms with Crippen molar-refractivity contribution in [3.05, 3.63) is 57.6 Å². The molecule has 0 fully saturated rings. The summed E-state index contributed by atoms with van der Waals surface area (Å²) >= 11 is 6.11. The van der Waals surface area contributed by atoms with Crippen LogP contribution in [0, 0.1) is 13.8 Å². The first kappa shape index (κ1) is 20.1. The first-order valence-electron chi connectivity index (χ1n) is 7.92. The van der Waals surface area contributed by atoms with Gasteiger partial charge in [0.05, 0.1) is 16.1 Å². The summed E-state index contributed by atoms with van der Waals surface area (Å²) in [6, 6.07) is 7.04. The lowest BCUT2D eigenvalue weighted by Gasteiger charge is -2.17. The zero-order chi connectivity index (χ0) is 19.5. The van der Waals surface area contributed by atoms with E-state index in [2.05, 4.69) is 0 Å². The van der Waals surface area contributed by atoms with Gasteiger partial charge >= 0.3 is 12.1 Å². The maximum atomic E-state index is 13.3. The zero-order valence-electron chi connectivity index (χ0n) is 14.5. The van der Waals surface area contributed by atoms with Gasteiger partial charge in [-0.1, -0.05) is 24.6 Å². The summed E-state index contributed by atoms with van der Waals surface area (Å²) in [6.45, 7) is 4.67. The van der Waals surface area contributed by atoms with Gasteiger partial charge in [-0.2, -0.15) is 13.2 Å². The average Bonchev–Trinajstić information content (AvgIpc) is 2.56. The Morgan fingerprint density at radius 3 is 2.38 bits per heavy atom. The molecule has 2 rings (SSSR count). The predicted molar refractivity (Wildman–Crippen MR) is 92.6 cm³/mol. The second-order valence-electron chi connectivity index (χ2n) is 5.76. The van der Waals surface area contributed by atoms with E-state index in [9.17, 15) is 18.0 Å². The van der Waals surface area contributed by atoms with Crippen LogP contribution in [0.5, 0.6) is 11.5 Å². The highest BCUT2D eigenvalue weighted by atomic mass is 35.5. The third kappa shape index (κ3) is 4.69. The summed E-state index contributed by atoms with van der Waals surface area (Å²) in [6.07, 6.45) is -4.39. The normalized spacial score (nSPS) is 11.3. The highest BCUT2D eigenvalue weighted by Gasteiger charge is 2.35. The number of esters is 1. The van der Waals surface area contributed by atoms with Gasteiger partial charge in [-0.25, -0.2) is 0 Å². The fraction of sp³-hybridized carbons (Fsp3) is 0.316. The van der Waals surface area contributed by atoms with Crippen LogP contribution in [0.2, 0.25) is 5.02 Å². The van der Waals surface area contributed by atoms with Gasteiger partial charge in [-0.05, 0) is 49.2 Å². The molecule has 140 valence electrons. The van der Waals surface area contributed by atoms with Crippen molar-refractivity contribution in [1.29, 1.82) is 0 Å². The van der Waals surface area contributed by atoms with Gasteiger partial charge in [0.2, 0.25) is 0 Å². The van der Waals surface area contributed by atoms with Crippen molar-refractivity contribution >= 4 is 17.6 Å². The van der Waals surface area contributed by atoms with Gasteiger partial charge in [0, 0.05) is 6.42 Å². The van der Waals surface area contributed by atoms with Gasteiger partial charge in [0.1, 0.15) is 18.1 Å². The second-order valence-corrected chi connectivity index (χ2v) is 6.17. The van der Waals surface area contributed by atoms with Crippen LogP contribution in [0.4, 0.5) is 13.2 Å². The van der Waals surface area contributed by atoms with E-state index in [-0.39, 0.29) is 29.5 Å². The molecule has 7 heteroatoms. The van der Waals surface area contributed by atoms with Crippen molar-refractivity contribution < 1.29 is 27.4 Å². The molecule has 3 nitrogen and oxygen atoms in total. The highest BCUT2D eigenvalue weighted by Crippen LogP contribution is 2.39. The number of benzene rings is 2. The Labute approximate surface area is 154 Å². The molecule has 2 aromatic rings. The maximum Gasteiger partial charge on any atom is 0.419 e. The van der Waals surface area contributed by atoms with E-state index in [0.29, 0.717) is 16.7 Å². The summed E-state index contributed by atoms with van der Waals surface area (Å²) < 4.78 is 50.5. The van der Waals surface area contributed by atoms with Crippen molar-refractivity contribution in [2.45, 2.75) is 40.0 Å². The standard InChI is InChI=1S/C19H18ClF3O3/c1-4-18(24)26-16-7-5-6-15(20)13(16)10-25-17-9-12(3)11(2)8-14(17)19(21,22)23/h5-9H,4,10H2,1-3H3. The Bertz CT molecular complexity index is 816. The Morgan fingerprint density at radius 2 is 1.77 bits per heavy atom. The van der Waals surface area contributed by atoms with E-state index in [1.54, 1.807) is 32.9 Å². The molecule has 0 saturated heterocycles. The van der Waals surface area contributed by atoms with Crippen LogP contribution in [0.3, 0.4) is 0 Å². The highest BCUT2D eigenvalue weighted by molar-refractivity contribution is 6.31. The van der Waals surface area contributed by atoms with Gasteiger partial charge in [0.25, 0.3) is 0 Å². The Morgan fingerprint density at radius 1 is 1.12 bits per heavy atom. The molecule has 0 aliphatic rings. The Kier molecular flexibility index (Phi) is 6.18. The molecular weight excluding hydrogens is 369 g/mol. The Hall–Kier alpha value is -2.21. The lowest BCUT2D eigenvalue weighted by molar-refractivity contribution is -0.139. The van der Waals surface area contributed by atoms with Crippen LogP contribution in [0.1, 0.15) is 35.6 Å². The molecule has 0 aliphatic heterocycles. The van der Waals surface area contributed by atoms with Crippen molar-refractivity contribution in [3.8, 4) is 11.5 Å². The number of hydrogen-bond donors (Lipinski definition) is 0. The molecule has 0 N–H and O–H groups in total. The number of rotatable bonds is 5. The zero-order valence-corrected chi connectivity index (χ0v) is 15.3. The van der Waals surface area contributed by atoms with Gasteiger partial charge < -0.3 is 9.47 Å². The number of carbonyl (C=O) groups is 1. The van der Waals surface area contributed by atoms with E-state index in [0.717, 1.165) is 6.07 Å². The summed E-state index contributed by atoms with van der Waals surface area (Å²) in [5, 5.41) is 0.240. The SMILES string of the molecule is CCC(=O)Oc1cccc(Cl)c1COc1cc(C)c(C)cc1C(F)(F)F. The monoisotopic (exact) mass is 386 g/mol. The molecule has 0 saturated carbocycles. The van der Waals surface area contributed by atoms with Crippen molar-refractivity contribution in [2.75, 3.05) is 0 Å². The quantitative estimate of drug-likeness (QED) is 0.476. The molecular formula is C19H18ClF3O3. The fourth-order valence-corrected chi connectivity index (χ4v) is 2.47. The molecule has 0 bridgehead atoms. The van der Waals surface area contributed by atoms with Crippen molar-refractivity contribution in [1.82, 2.24) is 0 Å². The summed E-state index contributed by atoms with van der Waals surface area (Å²) in [4.78, 5) is 11.5. The number of ether oxygens (including phenoxy) is 2. The molecule has 0 unspecified atom stereocenters. The number of hydrogen-bond acceptors (Lipinski definition) is 3. The molecule has 0 amide bonds. The fourth-order valence-electron chi connectivity index (χ4n) is 2.25. The third-order valence-electron chi connectivity index (χ3n) is 3.86. The number of carbonyl (C=O) groups excluding carboxylic acids is 1. The van der Waals surface area contributed by atoms with E-state index in [1.165, 1.54) is 12.1 Å². The first-order valence-corrected chi connectivity index (χ1v) is 8.30. The molecule has 0 atom stereocenters. The van der Waals surface area contributed by atoms with Crippen LogP contribution in [-0.4, -0.2) is 5.97 Å². The molecule has 0 aliphatic carbocycles. The van der Waals surface area contributed by atoms with Crippen LogP contribution in [-0.2, 0) is 17.6 Å². The van der Waals surface area contributed by atoms with Crippen molar-refractivity contribution in [2.24, 2.45) is 0 Å². The predicted octanol–water partition coefficient (Wildman–Crippen LogP) is 5.87. The van der Waals surface area contributed by atoms with E-state index in [1.807, 2.05) is 0 Å². The molecule has 26 heavy (non-hydrogen) atoms. The lowest BCUT2D eigenvalue weighted by atomic mass is 10.0. The minimum absolute atomic E-state index is 0.155. The number of halogens is 4. The molecule has 0 radical (unpaired) electrons. The van der Waals surface area contributed by atoms with E-state index >= 15 is 0 Å². The summed E-state index contributed by atoms with van der Waals surface area (Å²) in [5.74, 6) is -0.606. The third-order valence-corrected chi connectivity index (χ3v) is 4.22. The van der Waals surface area contributed by atoms with Gasteiger partial charge in [-0.15, -0.1) is 0 Å². The minimum Gasteiger partial charge on any atom is -0.488 e. The van der Waals surface area contributed by atoms with Crippen molar-refractivity contribution in [3.63, 3.8) is 0 Å². The Balaban J connectivity index is 2.35.